The number of aliphatic hydroxyl groups excluding tert-OH is 2. The first-order chi connectivity index (χ1) is 16.4. The van der Waals surface area contributed by atoms with Crippen molar-refractivity contribution in [3.05, 3.63) is 76.2 Å². The number of Topliss-reactive ketones (excluding diaryl/α,β-unsaturated/α-hetero) is 1. The van der Waals surface area contributed by atoms with Crippen molar-refractivity contribution in [2.24, 2.45) is 11.8 Å². The molecule has 2 saturated heterocycles. The van der Waals surface area contributed by atoms with Crippen LogP contribution in [0.2, 0.25) is 0 Å². The maximum atomic E-state index is 14.9. The first kappa shape index (κ1) is 23.4. The molecule has 0 saturated carbocycles. The Labute approximate surface area is 203 Å². The first-order valence-corrected chi connectivity index (χ1v) is 12.9. The number of halogens is 1. The predicted molar refractivity (Wildman–Crippen MR) is 131 cm³/mol. The number of thioether (sulfide) groups is 1. The minimum atomic E-state index is -0.515. The summed E-state index contributed by atoms with van der Waals surface area (Å²) in [6.07, 6.45) is 10.7. The number of rotatable bonds is 7. The first-order valence-electron chi connectivity index (χ1n) is 12.0. The van der Waals surface area contributed by atoms with E-state index in [0.717, 1.165) is 36.5 Å². The van der Waals surface area contributed by atoms with Gasteiger partial charge in [0.1, 0.15) is 11.9 Å². The van der Waals surface area contributed by atoms with Gasteiger partial charge >= 0.3 is 0 Å². The van der Waals surface area contributed by atoms with E-state index in [-0.39, 0.29) is 40.5 Å². The average Bonchev–Trinajstić information content (AvgIpc) is 3.17. The molecule has 5 nitrogen and oxygen atoms in total. The van der Waals surface area contributed by atoms with Crippen molar-refractivity contribution in [1.29, 1.82) is 0 Å². The quantitative estimate of drug-likeness (QED) is 0.543. The maximum absolute atomic E-state index is 14.9. The molecular weight excluding hydrogens is 453 g/mol. The standard InChI is InChI=1S/C27H30FNO4S/c1-2-11-29-14-20(15-29)33-23-10-5-17(12-22(23)28)26(32)25-21-9-8-19(31)13-24(21)34-27(25)16-3-6-18(30)7-4-16/h3-6,8,10,12-13,18,20-21,25,27,30-31H,2,7,9,11,14-15H2,1H3/t18-,21-,25?,27-/m1/s1. The van der Waals surface area contributed by atoms with Crippen LogP contribution in [0.3, 0.4) is 0 Å². The maximum Gasteiger partial charge on any atom is 0.168 e. The number of carbonyl (C=O) groups is 1. The van der Waals surface area contributed by atoms with Crippen molar-refractivity contribution < 1.29 is 24.1 Å². The van der Waals surface area contributed by atoms with Gasteiger partial charge in [-0.2, -0.15) is 0 Å². The molecule has 0 spiro atoms. The van der Waals surface area contributed by atoms with Crippen LogP contribution in [0.5, 0.6) is 5.75 Å². The number of benzene rings is 1. The smallest absolute Gasteiger partial charge is 0.168 e. The molecule has 7 heteroatoms. The van der Waals surface area contributed by atoms with Crippen LogP contribution < -0.4 is 4.74 Å². The Morgan fingerprint density at radius 2 is 2.09 bits per heavy atom. The van der Waals surface area contributed by atoms with Gasteiger partial charge in [-0.25, -0.2) is 4.39 Å². The number of likely N-dealkylation sites (tertiary alicyclic amines) is 1. The summed E-state index contributed by atoms with van der Waals surface area (Å²) in [7, 11) is 0. The minimum Gasteiger partial charge on any atom is -0.508 e. The summed E-state index contributed by atoms with van der Waals surface area (Å²) < 4.78 is 20.8. The molecule has 2 N–H and O–H groups in total. The molecule has 0 amide bonds. The van der Waals surface area contributed by atoms with Crippen LogP contribution in [-0.4, -0.2) is 58.0 Å². The van der Waals surface area contributed by atoms with Crippen LogP contribution in [0.4, 0.5) is 4.39 Å². The third-order valence-electron chi connectivity index (χ3n) is 6.97. The monoisotopic (exact) mass is 483 g/mol. The molecule has 2 fully saturated rings. The molecule has 1 aromatic rings. The molecule has 180 valence electrons. The summed E-state index contributed by atoms with van der Waals surface area (Å²) in [5.74, 6) is -0.656. The topological polar surface area (TPSA) is 70.0 Å². The van der Waals surface area contributed by atoms with E-state index in [1.807, 2.05) is 12.2 Å². The van der Waals surface area contributed by atoms with Gasteiger partial charge in [0, 0.05) is 35.7 Å². The summed E-state index contributed by atoms with van der Waals surface area (Å²) in [6.45, 7) is 4.74. The molecule has 5 rings (SSSR count). The molecule has 0 bridgehead atoms. The van der Waals surface area contributed by atoms with Crippen LogP contribution >= 0.6 is 11.8 Å². The highest BCUT2D eigenvalue weighted by Gasteiger charge is 2.46. The van der Waals surface area contributed by atoms with Crippen molar-refractivity contribution in [3.63, 3.8) is 0 Å². The van der Waals surface area contributed by atoms with Gasteiger partial charge in [-0.3, -0.25) is 9.69 Å². The Bertz CT molecular complexity index is 1090. The van der Waals surface area contributed by atoms with Gasteiger partial charge in [-0.1, -0.05) is 25.2 Å². The Hall–Kier alpha value is -2.35. The van der Waals surface area contributed by atoms with Gasteiger partial charge in [-0.05, 0) is 66.6 Å². The van der Waals surface area contributed by atoms with Gasteiger partial charge in [-0.15, -0.1) is 11.8 Å². The SMILES string of the molecule is CCCN1CC(Oc2ccc(C(=O)C3[C@@H]4CC=C(O)C=C4S[C@@H]3C3=CC[C@H](O)C=C3)cc2F)C1. The van der Waals surface area contributed by atoms with Crippen LogP contribution in [0.25, 0.3) is 0 Å². The summed E-state index contributed by atoms with van der Waals surface area (Å²) >= 11 is 1.58. The summed E-state index contributed by atoms with van der Waals surface area (Å²) in [5.41, 5.74) is 1.33. The van der Waals surface area contributed by atoms with Crippen molar-refractivity contribution in [3.8, 4) is 5.75 Å². The highest BCUT2D eigenvalue weighted by Crippen LogP contribution is 2.53. The Morgan fingerprint density at radius 1 is 1.26 bits per heavy atom. The molecule has 2 aliphatic carbocycles. The number of fused-ring (bicyclic) bond motifs is 1. The second kappa shape index (κ2) is 9.72. The van der Waals surface area contributed by atoms with Crippen molar-refractivity contribution in [2.75, 3.05) is 19.6 Å². The molecule has 1 unspecified atom stereocenters. The Balaban J connectivity index is 1.36. The number of carbonyl (C=O) groups excluding carboxylic acids is 1. The number of ether oxygens (including phenoxy) is 1. The summed E-state index contributed by atoms with van der Waals surface area (Å²) in [4.78, 5) is 17.0. The molecule has 2 heterocycles. The van der Waals surface area contributed by atoms with E-state index in [2.05, 4.69) is 11.8 Å². The fourth-order valence-corrected chi connectivity index (χ4v) is 6.87. The van der Waals surface area contributed by atoms with E-state index < -0.39 is 11.9 Å². The molecule has 0 radical (unpaired) electrons. The molecule has 4 aliphatic rings. The number of hydrogen-bond acceptors (Lipinski definition) is 6. The van der Waals surface area contributed by atoms with E-state index in [1.165, 1.54) is 6.07 Å². The second-order valence-electron chi connectivity index (χ2n) is 9.46. The lowest BCUT2D eigenvalue weighted by atomic mass is 9.77. The minimum absolute atomic E-state index is 0.0204. The van der Waals surface area contributed by atoms with Gasteiger partial charge in [0.25, 0.3) is 0 Å². The molecule has 2 aliphatic heterocycles. The number of hydrogen-bond donors (Lipinski definition) is 2. The third kappa shape index (κ3) is 4.61. The fourth-order valence-electron chi connectivity index (χ4n) is 5.20. The van der Waals surface area contributed by atoms with Crippen molar-refractivity contribution in [2.45, 2.75) is 43.6 Å². The Kier molecular flexibility index (Phi) is 6.69. The molecule has 1 aromatic carbocycles. The average molecular weight is 484 g/mol. The van der Waals surface area contributed by atoms with Crippen LogP contribution in [0.1, 0.15) is 36.5 Å². The Morgan fingerprint density at radius 3 is 2.79 bits per heavy atom. The summed E-state index contributed by atoms with van der Waals surface area (Å²) in [6, 6.07) is 4.54. The van der Waals surface area contributed by atoms with E-state index in [4.69, 9.17) is 4.74 Å². The third-order valence-corrected chi connectivity index (χ3v) is 8.48. The zero-order valence-corrected chi connectivity index (χ0v) is 20.0. The summed E-state index contributed by atoms with van der Waals surface area (Å²) in [5, 5.41) is 19.7. The number of aliphatic hydroxyl groups is 2. The van der Waals surface area contributed by atoms with Crippen LogP contribution in [0, 0.1) is 17.7 Å². The van der Waals surface area contributed by atoms with E-state index in [9.17, 15) is 19.4 Å². The van der Waals surface area contributed by atoms with Gasteiger partial charge in [0.15, 0.2) is 17.3 Å². The lowest BCUT2D eigenvalue weighted by molar-refractivity contribution is 0.0179. The lowest BCUT2D eigenvalue weighted by Crippen LogP contribution is -2.53. The highest BCUT2D eigenvalue weighted by atomic mass is 32.2. The largest absolute Gasteiger partial charge is 0.508 e. The van der Waals surface area contributed by atoms with Crippen molar-refractivity contribution >= 4 is 17.5 Å². The zero-order valence-electron chi connectivity index (χ0n) is 19.2. The van der Waals surface area contributed by atoms with E-state index in [0.29, 0.717) is 18.4 Å². The molecule has 4 atom stereocenters. The van der Waals surface area contributed by atoms with Crippen LogP contribution in [-0.2, 0) is 0 Å². The van der Waals surface area contributed by atoms with Gasteiger partial charge in [0.2, 0.25) is 0 Å². The van der Waals surface area contributed by atoms with Crippen molar-refractivity contribution in [1.82, 2.24) is 4.90 Å². The predicted octanol–water partition coefficient (Wildman–Crippen LogP) is 4.81. The molecule has 0 aromatic heterocycles. The van der Waals surface area contributed by atoms with Gasteiger partial charge in [0.05, 0.1) is 6.10 Å². The van der Waals surface area contributed by atoms with E-state index >= 15 is 0 Å². The highest BCUT2D eigenvalue weighted by molar-refractivity contribution is 8.04. The van der Waals surface area contributed by atoms with E-state index in [1.54, 1.807) is 42.1 Å². The normalized spacial score (nSPS) is 29.1. The van der Waals surface area contributed by atoms with Crippen LogP contribution in [0.15, 0.2) is 64.8 Å². The second-order valence-corrected chi connectivity index (χ2v) is 10.7. The van der Waals surface area contributed by atoms with Gasteiger partial charge < -0.3 is 14.9 Å². The molecular formula is C27H30FNO4S. The number of ketones is 1. The number of allylic oxidation sites excluding steroid dienone is 4. The lowest BCUT2D eigenvalue weighted by Gasteiger charge is -2.38. The molecule has 34 heavy (non-hydrogen) atoms. The fraction of sp³-hybridized carbons (Fsp3) is 0.444. The number of nitrogens with zero attached hydrogens (tertiary/aromatic N) is 1. The zero-order chi connectivity index (χ0) is 23.8.